The molecule has 0 aromatic heterocycles. The smallest absolute Gasteiger partial charge is 0.423 e. The third-order valence-electron chi connectivity index (χ3n) is 1.51. The zero-order valence-corrected chi connectivity index (χ0v) is 13.2. The van der Waals surface area contributed by atoms with Crippen LogP contribution in [0.1, 0.15) is 20.8 Å². The maximum absolute atomic E-state index is 11.3. The van der Waals surface area contributed by atoms with Crippen molar-refractivity contribution in [2.45, 2.75) is 29.0 Å². The normalized spacial score (nSPS) is 22.4. The predicted molar refractivity (Wildman–Crippen MR) is 68.2 cm³/mol. The van der Waals surface area contributed by atoms with Crippen LogP contribution in [0, 0.1) is 0 Å². The van der Waals surface area contributed by atoms with Crippen molar-refractivity contribution in [1.82, 2.24) is 0 Å². The standard InChI is InChI=1S/C6H7Br3NO.C2H4O2/c1-3(2)10-4(7)6(8,9)5(10)11;1-2(3)4/h4H,1-2H3;1H3,(H,3,4)/q+1;. The second-order valence-electron chi connectivity index (χ2n) is 3.10. The van der Waals surface area contributed by atoms with Crippen molar-refractivity contribution in [1.29, 1.82) is 0 Å². The van der Waals surface area contributed by atoms with E-state index in [1.54, 1.807) is 4.58 Å². The quantitative estimate of drug-likeness (QED) is 0.289. The lowest BCUT2D eigenvalue weighted by molar-refractivity contribution is -0.501. The summed E-state index contributed by atoms with van der Waals surface area (Å²) in [7, 11) is 0. The molecule has 0 saturated carbocycles. The molecule has 1 rings (SSSR count). The Bertz CT molecular complexity index is 317. The van der Waals surface area contributed by atoms with Gasteiger partial charge in [-0.15, -0.1) is 0 Å². The van der Waals surface area contributed by atoms with Crippen molar-refractivity contribution in [3.05, 3.63) is 0 Å². The minimum Gasteiger partial charge on any atom is -0.481 e. The minimum absolute atomic E-state index is 0.00694. The molecule has 1 unspecified atom stereocenters. The fourth-order valence-corrected chi connectivity index (χ4v) is 2.47. The van der Waals surface area contributed by atoms with Gasteiger partial charge in [0, 0.05) is 20.8 Å². The molecule has 0 spiro atoms. The molecule has 1 saturated heterocycles. The van der Waals surface area contributed by atoms with Crippen LogP contribution in [-0.4, -0.2) is 35.5 Å². The Labute approximate surface area is 113 Å². The Balaban J connectivity index is 0.000000423. The van der Waals surface area contributed by atoms with Gasteiger partial charge in [-0.05, 0) is 47.8 Å². The highest BCUT2D eigenvalue weighted by Crippen LogP contribution is 2.44. The molecule has 1 aliphatic heterocycles. The third-order valence-corrected chi connectivity index (χ3v) is 5.38. The van der Waals surface area contributed by atoms with Crippen LogP contribution in [0.3, 0.4) is 0 Å². The summed E-state index contributed by atoms with van der Waals surface area (Å²) in [4.78, 5) is 20.3. The Morgan fingerprint density at radius 2 is 1.73 bits per heavy atom. The zero-order valence-electron chi connectivity index (χ0n) is 8.42. The lowest BCUT2D eigenvalue weighted by atomic mass is 10.2. The molecule has 0 aliphatic carbocycles. The van der Waals surface area contributed by atoms with Crippen LogP contribution < -0.4 is 0 Å². The molecule has 1 atom stereocenters. The number of hydrogen-bond donors (Lipinski definition) is 1. The molecular weight excluding hydrogens is 398 g/mol. The molecule has 1 amide bonds. The van der Waals surface area contributed by atoms with Crippen LogP contribution in [-0.2, 0) is 9.59 Å². The van der Waals surface area contributed by atoms with Gasteiger partial charge in [0.05, 0.1) is 0 Å². The number of carbonyl (C=O) groups is 2. The summed E-state index contributed by atoms with van der Waals surface area (Å²) < 4.78 is 1.08. The minimum atomic E-state index is -0.833. The molecule has 0 aromatic carbocycles. The molecule has 1 aliphatic rings. The lowest BCUT2D eigenvalue weighted by Crippen LogP contribution is -2.61. The average Bonchev–Trinajstić information content (AvgIpc) is 2.02. The van der Waals surface area contributed by atoms with Crippen molar-refractivity contribution in [3.8, 4) is 0 Å². The first-order valence-corrected chi connectivity index (χ1v) is 6.47. The first-order valence-electron chi connectivity index (χ1n) is 3.97. The summed E-state index contributed by atoms with van der Waals surface area (Å²) >= 11 is 9.92. The number of aliphatic carboxylic acids is 1. The van der Waals surface area contributed by atoms with Crippen molar-refractivity contribution < 1.29 is 19.3 Å². The molecule has 15 heavy (non-hydrogen) atoms. The number of nitrogens with zero attached hydrogens (tertiary/aromatic N) is 1. The van der Waals surface area contributed by atoms with E-state index in [0.717, 1.165) is 12.6 Å². The van der Waals surface area contributed by atoms with E-state index in [1.165, 1.54) is 0 Å². The third kappa shape index (κ3) is 3.64. The molecular formula is C8H11Br3NO3+. The summed E-state index contributed by atoms with van der Waals surface area (Å²) in [6, 6.07) is 0. The van der Waals surface area contributed by atoms with E-state index in [-0.39, 0.29) is 10.9 Å². The van der Waals surface area contributed by atoms with E-state index in [1.807, 2.05) is 13.8 Å². The number of rotatable bonds is 0. The van der Waals surface area contributed by atoms with Crippen LogP contribution in [0.25, 0.3) is 0 Å². The van der Waals surface area contributed by atoms with Gasteiger partial charge in [0.25, 0.3) is 14.2 Å². The monoisotopic (exact) mass is 406 g/mol. The van der Waals surface area contributed by atoms with E-state index in [0.29, 0.717) is 0 Å². The molecule has 0 radical (unpaired) electrons. The maximum atomic E-state index is 11.3. The van der Waals surface area contributed by atoms with Gasteiger partial charge in [0.2, 0.25) is 0 Å². The largest absolute Gasteiger partial charge is 0.481 e. The van der Waals surface area contributed by atoms with E-state index < -0.39 is 9.20 Å². The molecule has 7 heteroatoms. The van der Waals surface area contributed by atoms with Gasteiger partial charge in [0.1, 0.15) is 0 Å². The summed E-state index contributed by atoms with van der Waals surface area (Å²) in [5.74, 6) is -0.792. The summed E-state index contributed by atoms with van der Waals surface area (Å²) in [5.41, 5.74) is 0.992. The van der Waals surface area contributed by atoms with E-state index in [9.17, 15) is 4.79 Å². The van der Waals surface area contributed by atoms with Crippen LogP contribution in [0.5, 0.6) is 0 Å². The Morgan fingerprint density at radius 1 is 1.40 bits per heavy atom. The number of carboxylic acid groups (broad SMARTS) is 1. The number of hydrogen-bond acceptors (Lipinski definition) is 2. The first-order chi connectivity index (χ1) is 6.62. The number of carboxylic acids is 1. The van der Waals surface area contributed by atoms with Gasteiger partial charge in [-0.2, -0.15) is 4.58 Å². The van der Waals surface area contributed by atoms with Crippen molar-refractivity contribution in [2.24, 2.45) is 0 Å². The molecule has 86 valence electrons. The van der Waals surface area contributed by atoms with Gasteiger partial charge >= 0.3 is 5.91 Å². The van der Waals surface area contributed by atoms with Crippen LogP contribution in [0.4, 0.5) is 0 Å². The number of carbonyl (C=O) groups excluding carboxylic acids is 1. The highest BCUT2D eigenvalue weighted by Gasteiger charge is 2.65. The average molecular weight is 409 g/mol. The van der Waals surface area contributed by atoms with Gasteiger partial charge in [-0.1, -0.05) is 0 Å². The van der Waals surface area contributed by atoms with Crippen molar-refractivity contribution >= 4 is 65.4 Å². The molecule has 1 heterocycles. The fourth-order valence-electron chi connectivity index (χ4n) is 0.891. The van der Waals surface area contributed by atoms with Crippen LogP contribution in [0.2, 0.25) is 0 Å². The maximum Gasteiger partial charge on any atom is 0.423 e. The fraction of sp³-hybridized carbons (Fsp3) is 0.625. The van der Waals surface area contributed by atoms with Crippen LogP contribution in [0.15, 0.2) is 0 Å². The van der Waals surface area contributed by atoms with Crippen molar-refractivity contribution in [3.63, 3.8) is 0 Å². The van der Waals surface area contributed by atoms with Gasteiger partial charge in [0.15, 0.2) is 5.71 Å². The summed E-state index contributed by atoms with van der Waals surface area (Å²) in [6.45, 7) is 4.89. The Morgan fingerprint density at radius 3 is 1.87 bits per heavy atom. The molecule has 4 nitrogen and oxygen atoms in total. The SMILES string of the molecule is CC(=O)O.CC(C)=[N+]1C(=O)C(Br)(Br)C1Br. The first kappa shape index (κ1) is 15.2. The van der Waals surface area contributed by atoms with E-state index in [2.05, 4.69) is 47.8 Å². The van der Waals surface area contributed by atoms with Gasteiger partial charge < -0.3 is 5.11 Å². The molecule has 0 aromatic rings. The summed E-state index contributed by atoms with van der Waals surface area (Å²) in [5, 5.41) is 7.42. The molecule has 1 N–H and O–H groups in total. The second kappa shape index (κ2) is 5.54. The second-order valence-corrected chi connectivity index (χ2v) is 7.53. The van der Waals surface area contributed by atoms with Crippen molar-refractivity contribution in [2.75, 3.05) is 0 Å². The number of amides is 1. The highest BCUT2D eigenvalue weighted by atomic mass is 79.9. The molecule has 0 bridgehead atoms. The van der Waals surface area contributed by atoms with Gasteiger partial charge in [-0.25, -0.2) is 4.79 Å². The number of β-lactam (4-membered cyclic amide) rings is 1. The van der Waals surface area contributed by atoms with Crippen LogP contribution >= 0.6 is 47.8 Å². The molecule has 1 fully saturated rings. The lowest BCUT2D eigenvalue weighted by Gasteiger charge is -2.29. The van der Waals surface area contributed by atoms with E-state index in [4.69, 9.17) is 9.90 Å². The summed E-state index contributed by atoms with van der Waals surface area (Å²) in [6.07, 6.45) is 0. The topological polar surface area (TPSA) is 57.4 Å². The van der Waals surface area contributed by atoms with E-state index >= 15 is 0 Å². The zero-order chi connectivity index (χ0) is 12.4. The van der Waals surface area contributed by atoms with Gasteiger partial charge in [-0.3, -0.25) is 4.79 Å². The predicted octanol–water partition coefficient (Wildman–Crippen LogP) is 2.32. The highest BCUT2D eigenvalue weighted by molar-refractivity contribution is 9.26. The number of halogens is 3. The Hall–Kier alpha value is 0.250. The number of alkyl halides is 3. The Kier molecular flexibility index (Phi) is 5.63.